The molecular formula is C79H106O7. The Balaban J connectivity index is 0.000000289. The molecule has 0 radical (unpaired) electrons. The summed E-state index contributed by atoms with van der Waals surface area (Å²) in [7, 11) is 0. The molecule has 0 spiro atoms. The number of aryl methyl sites for hydroxylation is 4. The lowest BCUT2D eigenvalue weighted by atomic mass is 9.76. The average molecular weight is 1170 g/mol. The molecule has 7 nitrogen and oxygen atoms in total. The van der Waals surface area contributed by atoms with Crippen molar-refractivity contribution in [1.82, 2.24) is 0 Å². The summed E-state index contributed by atoms with van der Waals surface area (Å²) < 4.78 is 4.99. The van der Waals surface area contributed by atoms with Crippen LogP contribution in [0.4, 0.5) is 0 Å². The molecule has 0 atom stereocenters. The van der Waals surface area contributed by atoms with Crippen molar-refractivity contribution in [2.75, 3.05) is 6.61 Å². The molecule has 7 aromatic rings. The molecule has 0 saturated carbocycles. The summed E-state index contributed by atoms with van der Waals surface area (Å²) in [6.45, 7) is 51.4. The second kappa shape index (κ2) is 27.0. The largest absolute Gasteiger partial charge is 0.508 e. The number of hydrogen-bond donors (Lipinski definition) is 5. The summed E-state index contributed by atoms with van der Waals surface area (Å²) in [4.78, 5) is 11.6. The minimum atomic E-state index is -0.205. The van der Waals surface area contributed by atoms with Gasteiger partial charge in [-0.3, -0.25) is 4.79 Å². The van der Waals surface area contributed by atoms with Gasteiger partial charge in [0.2, 0.25) is 0 Å². The van der Waals surface area contributed by atoms with Crippen LogP contribution in [0.15, 0.2) is 103 Å². The molecule has 464 valence electrons. The number of benzene rings is 7. The summed E-state index contributed by atoms with van der Waals surface area (Å²) in [6.07, 6.45) is 3.31. The van der Waals surface area contributed by atoms with Gasteiger partial charge in [0.15, 0.2) is 0 Å². The summed E-state index contributed by atoms with van der Waals surface area (Å²) in [5.74, 6) is 1.68. The molecule has 0 bridgehead atoms. The van der Waals surface area contributed by atoms with Crippen LogP contribution in [0.25, 0.3) is 0 Å². The maximum Gasteiger partial charge on any atom is 0.306 e. The smallest absolute Gasteiger partial charge is 0.306 e. The minimum absolute atomic E-state index is 0.0328. The van der Waals surface area contributed by atoms with Crippen molar-refractivity contribution in [2.45, 2.75) is 231 Å². The van der Waals surface area contributed by atoms with Crippen LogP contribution >= 0.6 is 0 Å². The molecule has 7 aromatic carbocycles. The first-order valence-corrected chi connectivity index (χ1v) is 31.0. The van der Waals surface area contributed by atoms with Crippen LogP contribution in [0.3, 0.4) is 0 Å². The van der Waals surface area contributed by atoms with E-state index in [9.17, 15) is 30.3 Å². The van der Waals surface area contributed by atoms with Gasteiger partial charge < -0.3 is 30.3 Å². The maximum absolute atomic E-state index is 11.6. The third-order valence-electron chi connectivity index (χ3n) is 17.2. The fourth-order valence-corrected chi connectivity index (χ4v) is 11.8. The highest BCUT2D eigenvalue weighted by Gasteiger charge is 2.30. The van der Waals surface area contributed by atoms with Crippen molar-refractivity contribution in [1.29, 1.82) is 0 Å². The Morgan fingerprint density at radius 2 is 0.686 bits per heavy atom. The van der Waals surface area contributed by atoms with Gasteiger partial charge in [-0.25, -0.2) is 0 Å². The second-order valence-corrected chi connectivity index (χ2v) is 29.9. The zero-order valence-electron chi connectivity index (χ0n) is 57.1. The van der Waals surface area contributed by atoms with Gasteiger partial charge >= 0.3 is 5.97 Å². The van der Waals surface area contributed by atoms with Crippen LogP contribution in [-0.4, -0.2) is 38.1 Å². The van der Waals surface area contributed by atoms with Gasteiger partial charge in [0, 0.05) is 11.8 Å². The summed E-state index contributed by atoms with van der Waals surface area (Å²) >= 11 is 0. The lowest BCUT2D eigenvalue weighted by Crippen LogP contribution is -2.18. The number of hydrogen-bond acceptors (Lipinski definition) is 7. The fraction of sp³-hybridized carbons (Fsp3) is 0.456. The summed E-state index contributed by atoms with van der Waals surface area (Å²) in [5.41, 5.74) is 21.6. The molecule has 0 aliphatic heterocycles. The van der Waals surface area contributed by atoms with E-state index in [4.69, 9.17) is 4.74 Å². The Bertz CT molecular complexity index is 3410. The first kappa shape index (κ1) is 69.8. The van der Waals surface area contributed by atoms with Crippen LogP contribution in [0, 0.1) is 41.5 Å². The molecule has 5 N–H and O–H groups in total. The van der Waals surface area contributed by atoms with Gasteiger partial charge in [0.1, 0.15) is 28.7 Å². The van der Waals surface area contributed by atoms with Gasteiger partial charge in [-0.1, -0.05) is 209 Å². The lowest BCUT2D eigenvalue weighted by Gasteiger charge is -2.29. The SMILES string of the molecule is CC(C)(c1ccccc1)c1ccc(O)cc1.CCOC(=O)CCc1cc(C(C)(C)C)c(O)c(C(C)(C)C)c1.Cc1cc(Cc2c(C)c(Cc3cc(C)c(O)c(C(C)(C)C)c3)c(C)c(Cc3cc(C(C)(C)C)c(O)c(C(C)(C)C)c3)c2C)cc(C)c1O. The first-order chi connectivity index (χ1) is 39.5. The molecule has 0 aliphatic carbocycles. The second-order valence-electron chi connectivity index (χ2n) is 29.9. The molecule has 7 heteroatoms. The third-order valence-corrected chi connectivity index (χ3v) is 17.2. The third kappa shape index (κ3) is 17.2. The van der Waals surface area contributed by atoms with E-state index in [1.54, 1.807) is 12.1 Å². The van der Waals surface area contributed by atoms with Gasteiger partial charge in [-0.15, -0.1) is 0 Å². The Morgan fingerprint density at radius 1 is 0.384 bits per heavy atom. The molecule has 0 heterocycles. The first-order valence-electron chi connectivity index (χ1n) is 31.0. The van der Waals surface area contributed by atoms with Crippen molar-refractivity contribution in [3.05, 3.63) is 214 Å². The lowest BCUT2D eigenvalue weighted by molar-refractivity contribution is -0.143. The predicted molar refractivity (Wildman–Crippen MR) is 361 cm³/mol. The minimum Gasteiger partial charge on any atom is -0.508 e. The van der Waals surface area contributed by atoms with E-state index in [-0.39, 0.29) is 38.5 Å². The number of carbonyl (C=O) groups is 1. The molecule has 0 amide bonds. The number of rotatable bonds is 12. The zero-order chi connectivity index (χ0) is 65.0. The van der Waals surface area contributed by atoms with E-state index < -0.39 is 0 Å². The van der Waals surface area contributed by atoms with Gasteiger partial charge in [-0.05, 0) is 225 Å². The number of phenolic OH excluding ortho intramolecular Hbond substituents is 5. The molecule has 0 fully saturated rings. The number of aromatic hydroxyl groups is 5. The number of phenols is 5. The van der Waals surface area contributed by atoms with Crippen molar-refractivity contribution in [3.8, 4) is 28.7 Å². The predicted octanol–water partition coefficient (Wildman–Crippen LogP) is 19.5. The highest BCUT2D eigenvalue weighted by molar-refractivity contribution is 5.70. The van der Waals surface area contributed by atoms with E-state index in [0.717, 1.165) is 69.3 Å². The molecule has 0 saturated heterocycles. The Kier molecular flexibility index (Phi) is 21.9. The van der Waals surface area contributed by atoms with E-state index >= 15 is 0 Å². The van der Waals surface area contributed by atoms with Crippen molar-refractivity contribution >= 4 is 5.97 Å². The standard InChI is InChI=1S/C45H60O3.C19H30O3.C15H16O/c1-25-16-31(17-26(2)40(25)46)19-34-28(4)35(20-32-18-27(3)41(47)37(22-32)43(7,8)9)30(6)36(29(34)5)21-33-23-38(44(10,11)12)42(48)39(24-33)45(13,14)15;1-8-22-16(20)10-9-13-11-14(18(2,3)4)17(21)15(12-13)19(5,6)7;1-15(2,12-6-4-3-5-7-12)13-8-10-14(16)11-9-13/h16-18,22-24,46-48H,19-21H2,1-15H3;11-12,21H,8-10H2,1-7H3;3-11,16H,1-2H3. The Labute approximate surface area is 519 Å². The van der Waals surface area contributed by atoms with Gasteiger partial charge in [0.05, 0.1) is 6.61 Å². The Hall–Kier alpha value is -6.99. The van der Waals surface area contributed by atoms with E-state index in [1.807, 2.05) is 58.0 Å². The van der Waals surface area contributed by atoms with E-state index in [0.29, 0.717) is 48.2 Å². The van der Waals surface area contributed by atoms with Crippen molar-refractivity contribution in [3.63, 3.8) is 0 Å². The van der Waals surface area contributed by atoms with Crippen LogP contribution in [-0.2, 0) is 67.7 Å². The maximum atomic E-state index is 11.6. The van der Waals surface area contributed by atoms with Crippen molar-refractivity contribution in [2.24, 2.45) is 0 Å². The summed E-state index contributed by atoms with van der Waals surface area (Å²) in [5, 5.41) is 52.9. The highest BCUT2D eigenvalue weighted by atomic mass is 16.5. The van der Waals surface area contributed by atoms with Crippen LogP contribution in [0.2, 0.25) is 0 Å². The van der Waals surface area contributed by atoms with Crippen LogP contribution in [0.5, 0.6) is 28.7 Å². The molecule has 7 rings (SSSR count). The van der Waals surface area contributed by atoms with Crippen molar-refractivity contribution < 1.29 is 35.1 Å². The molecule has 86 heavy (non-hydrogen) atoms. The highest BCUT2D eigenvalue weighted by Crippen LogP contribution is 2.44. The van der Waals surface area contributed by atoms with E-state index in [1.165, 1.54) is 61.2 Å². The molecule has 0 aliphatic rings. The molecule has 0 unspecified atom stereocenters. The van der Waals surface area contributed by atoms with Gasteiger partial charge in [-0.2, -0.15) is 0 Å². The quantitative estimate of drug-likeness (QED) is 0.0771. The summed E-state index contributed by atoms with van der Waals surface area (Å²) in [6, 6.07) is 34.8. The van der Waals surface area contributed by atoms with Gasteiger partial charge in [0.25, 0.3) is 0 Å². The number of ether oxygens (including phenoxy) is 1. The monoisotopic (exact) mass is 1170 g/mol. The molecular weight excluding hydrogens is 1060 g/mol. The average Bonchev–Trinajstić information content (AvgIpc) is 1.66. The van der Waals surface area contributed by atoms with Crippen LogP contribution in [0.1, 0.15) is 242 Å². The van der Waals surface area contributed by atoms with Crippen LogP contribution < -0.4 is 0 Å². The van der Waals surface area contributed by atoms with E-state index in [2.05, 4.69) is 199 Å². The number of carbonyl (C=O) groups excluding carboxylic acids is 1. The normalized spacial score (nSPS) is 12.3. The number of esters is 1. The topological polar surface area (TPSA) is 127 Å². The Morgan fingerprint density at radius 3 is 1.03 bits per heavy atom. The zero-order valence-corrected chi connectivity index (χ0v) is 57.1. The fourth-order valence-electron chi connectivity index (χ4n) is 11.8. The molecule has 0 aromatic heterocycles.